The van der Waals surface area contributed by atoms with Gasteiger partial charge in [-0.3, -0.25) is 0 Å². The number of rotatable bonds is 10. The van der Waals surface area contributed by atoms with Crippen molar-refractivity contribution in [2.45, 2.75) is 87.5 Å². The van der Waals surface area contributed by atoms with Crippen LogP contribution in [-0.2, 0) is 0 Å². The van der Waals surface area contributed by atoms with Gasteiger partial charge in [-0.15, -0.1) is 0 Å². The van der Waals surface area contributed by atoms with Crippen molar-refractivity contribution >= 4 is 0 Å². The van der Waals surface area contributed by atoms with Crippen LogP contribution < -0.4 is 0 Å². The van der Waals surface area contributed by atoms with Crippen LogP contribution in [0.3, 0.4) is 0 Å². The molecular formula is C19H40. The minimum absolute atomic E-state index is 0.880. The Balaban J connectivity index is 4.91. The summed E-state index contributed by atoms with van der Waals surface area (Å²) < 4.78 is 0. The molecule has 0 heterocycles. The molecule has 0 aliphatic carbocycles. The molecule has 0 spiro atoms. The first-order valence-electron chi connectivity index (χ1n) is 8.92. The maximum Gasteiger partial charge on any atom is -0.0360 e. The maximum absolute atomic E-state index is 2.47. The zero-order valence-corrected chi connectivity index (χ0v) is 15.0. The molecule has 0 bridgehead atoms. The fraction of sp³-hybridized carbons (Fsp3) is 1.00. The van der Waals surface area contributed by atoms with Gasteiger partial charge in [0.05, 0.1) is 0 Å². The third-order valence-corrected chi connectivity index (χ3v) is 6.04. The smallest absolute Gasteiger partial charge is 0.0360 e. The van der Waals surface area contributed by atoms with Gasteiger partial charge in [0.25, 0.3) is 0 Å². The van der Waals surface area contributed by atoms with Gasteiger partial charge in [0.1, 0.15) is 0 Å². The Kier molecular flexibility index (Phi) is 9.83. The number of hydrogen-bond donors (Lipinski definition) is 0. The van der Waals surface area contributed by atoms with E-state index < -0.39 is 0 Å². The largest absolute Gasteiger partial charge is 0.0651 e. The molecule has 0 saturated heterocycles. The molecule has 0 rings (SSSR count). The Morgan fingerprint density at radius 3 is 0.842 bits per heavy atom. The standard InChI is InChI=1S/C19H40/c1-9-14(5)18(15(6)10-2)13-19(16(7)11-3)17(8)12-4/h14-19H,9-13H2,1-8H3. The molecule has 0 aromatic carbocycles. The molecule has 0 aliphatic rings. The first kappa shape index (κ1) is 19.0. The predicted octanol–water partition coefficient (Wildman–Crippen LogP) is 6.79. The summed E-state index contributed by atoms with van der Waals surface area (Å²) in [6.45, 7) is 19.3. The van der Waals surface area contributed by atoms with Crippen LogP contribution in [0.5, 0.6) is 0 Å². The second kappa shape index (κ2) is 9.83. The summed E-state index contributed by atoms with van der Waals surface area (Å²) in [5, 5.41) is 0. The summed E-state index contributed by atoms with van der Waals surface area (Å²) >= 11 is 0. The molecule has 0 fully saturated rings. The fourth-order valence-corrected chi connectivity index (χ4v) is 3.58. The molecule has 0 aliphatic heterocycles. The Morgan fingerprint density at radius 2 is 0.684 bits per heavy atom. The average molecular weight is 269 g/mol. The first-order chi connectivity index (χ1) is 8.92. The summed E-state index contributed by atoms with van der Waals surface area (Å²) in [7, 11) is 0. The quantitative estimate of drug-likeness (QED) is 0.409. The van der Waals surface area contributed by atoms with E-state index in [1.165, 1.54) is 32.1 Å². The highest BCUT2D eigenvalue weighted by Gasteiger charge is 2.29. The van der Waals surface area contributed by atoms with Crippen LogP contribution in [0.1, 0.15) is 87.5 Å². The SMILES string of the molecule is CCC(C)C(CC(C(C)CC)C(C)CC)C(C)CC. The van der Waals surface area contributed by atoms with E-state index in [1.54, 1.807) is 0 Å². The monoisotopic (exact) mass is 268 g/mol. The molecule has 0 heteroatoms. The second-order valence-corrected chi connectivity index (χ2v) is 7.11. The Morgan fingerprint density at radius 1 is 0.474 bits per heavy atom. The van der Waals surface area contributed by atoms with Gasteiger partial charge >= 0.3 is 0 Å². The van der Waals surface area contributed by atoms with Crippen molar-refractivity contribution in [1.29, 1.82) is 0 Å². The zero-order valence-electron chi connectivity index (χ0n) is 15.0. The molecule has 4 unspecified atom stereocenters. The van der Waals surface area contributed by atoms with Crippen LogP contribution in [0.2, 0.25) is 0 Å². The van der Waals surface area contributed by atoms with E-state index in [1.807, 2.05) is 0 Å². The molecule has 19 heavy (non-hydrogen) atoms. The van der Waals surface area contributed by atoms with Gasteiger partial charge in [0.15, 0.2) is 0 Å². The van der Waals surface area contributed by atoms with Gasteiger partial charge in [-0.1, -0.05) is 81.1 Å². The van der Waals surface area contributed by atoms with E-state index in [-0.39, 0.29) is 0 Å². The molecule has 0 nitrogen and oxygen atoms in total. The van der Waals surface area contributed by atoms with E-state index in [0.29, 0.717) is 0 Å². The van der Waals surface area contributed by atoms with E-state index in [4.69, 9.17) is 0 Å². The van der Waals surface area contributed by atoms with Gasteiger partial charge in [0, 0.05) is 0 Å². The minimum Gasteiger partial charge on any atom is -0.0651 e. The highest BCUT2D eigenvalue weighted by atomic mass is 14.3. The van der Waals surface area contributed by atoms with Crippen molar-refractivity contribution in [3.05, 3.63) is 0 Å². The van der Waals surface area contributed by atoms with Crippen LogP contribution >= 0.6 is 0 Å². The normalized spacial score (nSPS) is 21.5. The van der Waals surface area contributed by atoms with E-state index in [0.717, 1.165) is 35.5 Å². The van der Waals surface area contributed by atoms with Gasteiger partial charge in [0.2, 0.25) is 0 Å². The predicted molar refractivity (Wildman–Crippen MR) is 89.4 cm³/mol. The van der Waals surface area contributed by atoms with Gasteiger partial charge in [-0.25, -0.2) is 0 Å². The summed E-state index contributed by atoms with van der Waals surface area (Å²) in [4.78, 5) is 0. The minimum atomic E-state index is 0.880. The van der Waals surface area contributed by atoms with Crippen molar-refractivity contribution < 1.29 is 0 Å². The van der Waals surface area contributed by atoms with Crippen LogP contribution in [-0.4, -0.2) is 0 Å². The van der Waals surface area contributed by atoms with Crippen LogP contribution in [0.15, 0.2) is 0 Å². The lowest BCUT2D eigenvalue weighted by Gasteiger charge is -2.37. The summed E-state index contributed by atoms with van der Waals surface area (Å²) in [5.41, 5.74) is 0. The summed E-state index contributed by atoms with van der Waals surface area (Å²) in [6, 6.07) is 0. The molecule has 116 valence electrons. The molecule has 0 aromatic heterocycles. The van der Waals surface area contributed by atoms with Crippen LogP contribution in [0, 0.1) is 35.5 Å². The Labute approximate surface area is 123 Å². The van der Waals surface area contributed by atoms with Crippen molar-refractivity contribution in [3.8, 4) is 0 Å². The van der Waals surface area contributed by atoms with Crippen LogP contribution in [0.4, 0.5) is 0 Å². The Bertz CT molecular complexity index is 166. The highest BCUT2D eigenvalue weighted by molar-refractivity contribution is 4.79. The Hall–Kier alpha value is 0. The van der Waals surface area contributed by atoms with Crippen molar-refractivity contribution in [2.75, 3.05) is 0 Å². The second-order valence-electron chi connectivity index (χ2n) is 7.11. The molecule has 0 saturated carbocycles. The maximum atomic E-state index is 2.47. The average Bonchev–Trinajstić information content (AvgIpc) is 2.45. The lowest BCUT2D eigenvalue weighted by molar-refractivity contribution is 0.131. The van der Waals surface area contributed by atoms with Crippen molar-refractivity contribution in [3.63, 3.8) is 0 Å². The lowest BCUT2D eigenvalue weighted by Crippen LogP contribution is -2.28. The molecule has 0 radical (unpaired) electrons. The van der Waals surface area contributed by atoms with Gasteiger partial charge in [-0.05, 0) is 41.9 Å². The highest BCUT2D eigenvalue weighted by Crippen LogP contribution is 2.38. The molecule has 0 amide bonds. The summed E-state index contributed by atoms with van der Waals surface area (Å²) in [5.74, 6) is 5.36. The third kappa shape index (κ3) is 5.88. The fourth-order valence-electron chi connectivity index (χ4n) is 3.58. The molecule has 0 N–H and O–H groups in total. The van der Waals surface area contributed by atoms with Gasteiger partial charge < -0.3 is 0 Å². The molecule has 0 aromatic rings. The van der Waals surface area contributed by atoms with Crippen molar-refractivity contribution in [1.82, 2.24) is 0 Å². The number of hydrogen-bond acceptors (Lipinski definition) is 0. The van der Waals surface area contributed by atoms with Crippen molar-refractivity contribution in [2.24, 2.45) is 35.5 Å². The third-order valence-electron chi connectivity index (χ3n) is 6.04. The van der Waals surface area contributed by atoms with E-state index in [2.05, 4.69) is 55.4 Å². The first-order valence-corrected chi connectivity index (χ1v) is 8.92. The molecular weight excluding hydrogens is 228 g/mol. The van der Waals surface area contributed by atoms with E-state index >= 15 is 0 Å². The topological polar surface area (TPSA) is 0 Å². The molecule has 4 atom stereocenters. The summed E-state index contributed by atoms with van der Waals surface area (Å²) in [6.07, 6.45) is 6.80. The lowest BCUT2D eigenvalue weighted by atomic mass is 9.69. The van der Waals surface area contributed by atoms with Gasteiger partial charge in [-0.2, -0.15) is 0 Å². The van der Waals surface area contributed by atoms with E-state index in [9.17, 15) is 0 Å². The van der Waals surface area contributed by atoms with Crippen LogP contribution in [0.25, 0.3) is 0 Å². The zero-order chi connectivity index (χ0) is 15.0.